The predicted molar refractivity (Wildman–Crippen MR) is 87.2 cm³/mol. The molecule has 2 saturated heterocycles. The molecule has 0 saturated carbocycles. The molecule has 3 rings (SSSR count). The van der Waals surface area contributed by atoms with Crippen molar-refractivity contribution in [3.63, 3.8) is 0 Å². The number of carbonyl (C=O) groups excluding carboxylic acids is 2. The average Bonchev–Trinajstić information content (AvgIpc) is 3.06. The Kier molecular flexibility index (Phi) is 6.14. The van der Waals surface area contributed by atoms with E-state index in [0.717, 1.165) is 19.1 Å². The van der Waals surface area contributed by atoms with E-state index in [1.54, 1.807) is 24.3 Å². The molecule has 0 aliphatic carbocycles. The standard InChI is InChI=1S/C18H23NO6/c1-2-3-9-22-17-11-16(15-10-14(12-20)24-19(15)25-17)23-18(21)13-7-5-4-6-8-13/h4-8,12,14-17H,2-3,9-11H2,1H3/t14-,15-,16+,17+/m0/s1. The van der Waals surface area contributed by atoms with Crippen molar-refractivity contribution in [3.05, 3.63) is 35.9 Å². The van der Waals surface area contributed by atoms with Crippen LogP contribution in [0, 0.1) is 0 Å². The van der Waals surface area contributed by atoms with Gasteiger partial charge in [0, 0.05) is 19.4 Å². The lowest BCUT2D eigenvalue weighted by Crippen LogP contribution is -2.50. The third-order valence-corrected chi connectivity index (χ3v) is 4.28. The molecule has 0 unspecified atom stereocenters. The maximum absolute atomic E-state index is 12.4. The van der Waals surface area contributed by atoms with Crippen LogP contribution < -0.4 is 0 Å². The van der Waals surface area contributed by atoms with E-state index in [-0.39, 0.29) is 6.04 Å². The van der Waals surface area contributed by atoms with Crippen LogP contribution in [0.2, 0.25) is 0 Å². The van der Waals surface area contributed by atoms with E-state index in [4.69, 9.17) is 19.1 Å². The van der Waals surface area contributed by atoms with E-state index < -0.39 is 24.5 Å². The summed E-state index contributed by atoms with van der Waals surface area (Å²) < 4.78 is 11.4. The summed E-state index contributed by atoms with van der Waals surface area (Å²) in [4.78, 5) is 34.5. The van der Waals surface area contributed by atoms with Gasteiger partial charge in [-0.15, -0.1) is 0 Å². The van der Waals surface area contributed by atoms with Crippen LogP contribution in [0.25, 0.3) is 0 Å². The van der Waals surface area contributed by atoms with Crippen molar-refractivity contribution in [2.24, 2.45) is 0 Å². The molecule has 7 heteroatoms. The maximum atomic E-state index is 12.4. The van der Waals surface area contributed by atoms with Gasteiger partial charge >= 0.3 is 5.97 Å². The summed E-state index contributed by atoms with van der Waals surface area (Å²) in [6, 6.07) is 8.48. The fraction of sp³-hybridized carbons (Fsp3) is 0.556. The molecular formula is C18H23NO6. The number of hydrogen-bond acceptors (Lipinski definition) is 7. The first-order valence-corrected chi connectivity index (χ1v) is 8.67. The van der Waals surface area contributed by atoms with E-state index in [1.165, 1.54) is 5.23 Å². The Balaban J connectivity index is 1.67. The van der Waals surface area contributed by atoms with Gasteiger partial charge in [-0.25, -0.2) is 9.63 Å². The molecule has 0 N–H and O–H groups in total. The number of fused-ring (bicyclic) bond motifs is 1. The Labute approximate surface area is 146 Å². The van der Waals surface area contributed by atoms with E-state index in [0.29, 0.717) is 25.0 Å². The molecule has 0 radical (unpaired) electrons. The second kappa shape index (κ2) is 8.53. The van der Waals surface area contributed by atoms with Crippen LogP contribution in [0.3, 0.4) is 0 Å². The van der Waals surface area contributed by atoms with Gasteiger partial charge < -0.3 is 14.3 Å². The van der Waals surface area contributed by atoms with Crippen LogP contribution in [0.4, 0.5) is 0 Å². The molecule has 7 nitrogen and oxygen atoms in total. The number of hydrogen-bond donors (Lipinski definition) is 0. The fourth-order valence-corrected chi connectivity index (χ4v) is 2.92. The summed E-state index contributed by atoms with van der Waals surface area (Å²) in [6.45, 7) is 2.62. The zero-order valence-corrected chi connectivity index (χ0v) is 14.2. The molecule has 2 aliphatic rings. The summed E-state index contributed by atoms with van der Waals surface area (Å²) in [5.41, 5.74) is 0.481. The van der Waals surface area contributed by atoms with Gasteiger partial charge in [-0.3, -0.25) is 4.84 Å². The highest BCUT2D eigenvalue weighted by atomic mass is 17.0. The third kappa shape index (κ3) is 4.43. The number of ether oxygens (including phenoxy) is 2. The number of nitrogens with zero attached hydrogens (tertiary/aromatic N) is 1. The number of aldehydes is 1. The zero-order valence-electron chi connectivity index (χ0n) is 14.2. The van der Waals surface area contributed by atoms with Crippen molar-refractivity contribution in [1.82, 2.24) is 5.23 Å². The summed E-state index contributed by atoms with van der Waals surface area (Å²) >= 11 is 0. The van der Waals surface area contributed by atoms with Crippen molar-refractivity contribution in [2.45, 2.75) is 57.1 Å². The summed E-state index contributed by atoms with van der Waals surface area (Å²) in [5, 5.41) is 1.27. The van der Waals surface area contributed by atoms with E-state index >= 15 is 0 Å². The van der Waals surface area contributed by atoms with E-state index in [9.17, 15) is 9.59 Å². The molecule has 2 heterocycles. The smallest absolute Gasteiger partial charge is 0.338 e. The Hall–Kier alpha value is -1.80. The lowest BCUT2D eigenvalue weighted by Gasteiger charge is -2.37. The van der Waals surface area contributed by atoms with Gasteiger partial charge in [-0.1, -0.05) is 36.8 Å². The molecular weight excluding hydrogens is 326 g/mol. The van der Waals surface area contributed by atoms with E-state index in [1.807, 2.05) is 6.07 Å². The van der Waals surface area contributed by atoms with Crippen LogP contribution >= 0.6 is 0 Å². The molecule has 1 aromatic carbocycles. The quantitative estimate of drug-likeness (QED) is 0.425. The number of rotatable bonds is 7. The van der Waals surface area contributed by atoms with Crippen molar-refractivity contribution < 1.29 is 28.7 Å². The molecule has 0 bridgehead atoms. The van der Waals surface area contributed by atoms with Gasteiger partial charge in [0.05, 0.1) is 5.56 Å². The number of unbranched alkanes of at least 4 members (excludes halogenated alkanes) is 1. The first kappa shape index (κ1) is 18.0. The molecule has 4 atom stereocenters. The van der Waals surface area contributed by atoms with Crippen LogP contribution in [-0.4, -0.2) is 48.6 Å². The van der Waals surface area contributed by atoms with Crippen LogP contribution in [0.15, 0.2) is 30.3 Å². The summed E-state index contributed by atoms with van der Waals surface area (Å²) in [5.74, 6) is -0.408. The molecule has 136 valence electrons. The van der Waals surface area contributed by atoms with Gasteiger partial charge in [0.1, 0.15) is 18.2 Å². The maximum Gasteiger partial charge on any atom is 0.338 e. The Morgan fingerprint density at radius 1 is 1.28 bits per heavy atom. The number of benzene rings is 1. The van der Waals surface area contributed by atoms with Gasteiger partial charge in [0.15, 0.2) is 12.6 Å². The normalized spacial score (nSPS) is 29.2. The Morgan fingerprint density at radius 2 is 2.08 bits per heavy atom. The highest BCUT2D eigenvalue weighted by molar-refractivity contribution is 5.89. The molecule has 0 amide bonds. The second-order valence-corrected chi connectivity index (χ2v) is 6.17. The molecule has 2 aliphatic heterocycles. The number of esters is 1. The lowest BCUT2D eigenvalue weighted by molar-refractivity contribution is -0.441. The zero-order chi connectivity index (χ0) is 17.6. The second-order valence-electron chi connectivity index (χ2n) is 6.17. The monoisotopic (exact) mass is 349 g/mol. The average molecular weight is 349 g/mol. The highest BCUT2D eigenvalue weighted by Crippen LogP contribution is 2.33. The summed E-state index contributed by atoms with van der Waals surface area (Å²) in [6.07, 6.45) is 1.82. The van der Waals surface area contributed by atoms with Gasteiger partial charge in [-0.2, -0.15) is 0 Å². The molecule has 0 aromatic heterocycles. The van der Waals surface area contributed by atoms with Crippen LogP contribution in [-0.2, 0) is 23.9 Å². The van der Waals surface area contributed by atoms with E-state index in [2.05, 4.69) is 6.92 Å². The lowest BCUT2D eigenvalue weighted by atomic mass is 10.0. The third-order valence-electron chi connectivity index (χ3n) is 4.28. The molecule has 0 spiro atoms. The van der Waals surface area contributed by atoms with Crippen LogP contribution in [0.5, 0.6) is 0 Å². The highest BCUT2D eigenvalue weighted by Gasteiger charge is 2.47. The Morgan fingerprint density at radius 3 is 2.80 bits per heavy atom. The molecule has 2 fully saturated rings. The number of hydroxylamine groups is 2. The molecule has 1 aromatic rings. The van der Waals surface area contributed by atoms with Crippen molar-refractivity contribution in [1.29, 1.82) is 0 Å². The van der Waals surface area contributed by atoms with Crippen LogP contribution in [0.1, 0.15) is 43.0 Å². The largest absolute Gasteiger partial charge is 0.457 e. The van der Waals surface area contributed by atoms with Gasteiger partial charge in [-0.05, 0) is 18.6 Å². The first-order chi connectivity index (χ1) is 12.2. The summed E-state index contributed by atoms with van der Waals surface area (Å²) in [7, 11) is 0. The minimum atomic E-state index is -0.600. The van der Waals surface area contributed by atoms with Crippen molar-refractivity contribution in [2.75, 3.05) is 6.61 Å². The SMILES string of the molecule is CCCCO[C@H]1C[C@@H](OC(=O)c2ccccc2)[C@@H]2C[C@@H](C=O)ON2O1. The first-order valence-electron chi connectivity index (χ1n) is 8.67. The minimum absolute atomic E-state index is 0.325. The van der Waals surface area contributed by atoms with Crippen molar-refractivity contribution >= 4 is 12.3 Å². The minimum Gasteiger partial charge on any atom is -0.457 e. The predicted octanol–water partition coefficient (Wildman–Crippen LogP) is 2.26. The molecule has 25 heavy (non-hydrogen) atoms. The Bertz CT molecular complexity index is 580. The van der Waals surface area contributed by atoms with Crippen molar-refractivity contribution in [3.8, 4) is 0 Å². The topological polar surface area (TPSA) is 74.3 Å². The fourth-order valence-electron chi connectivity index (χ4n) is 2.92. The van der Waals surface area contributed by atoms with Gasteiger partial charge in [0.2, 0.25) is 0 Å². The number of carbonyl (C=O) groups is 2. The van der Waals surface area contributed by atoms with Gasteiger partial charge in [0.25, 0.3) is 0 Å².